The number of aryl methyl sites for hydroxylation is 1. The van der Waals surface area contributed by atoms with Crippen LogP contribution in [-0.2, 0) is 11.2 Å². The Balaban J connectivity index is 1.83. The Labute approximate surface area is 115 Å². The Hall–Kier alpha value is -1.35. The topological polar surface area (TPSA) is 40.5 Å². The third-order valence-electron chi connectivity index (χ3n) is 3.89. The second-order valence-electron chi connectivity index (χ2n) is 5.72. The van der Waals surface area contributed by atoms with E-state index in [0.29, 0.717) is 19.4 Å². The summed E-state index contributed by atoms with van der Waals surface area (Å²) in [6, 6.07) is 10.1. The monoisotopic (exact) mass is 261 g/mol. The van der Waals surface area contributed by atoms with Gasteiger partial charge < -0.3 is 10.0 Å². The molecule has 0 spiro atoms. The Morgan fingerprint density at radius 3 is 2.74 bits per heavy atom. The van der Waals surface area contributed by atoms with Gasteiger partial charge in [-0.15, -0.1) is 0 Å². The molecule has 0 radical (unpaired) electrons. The van der Waals surface area contributed by atoms with Crippen LogP contribution in [0.5, 0.6) is 0 Å². The smallest absolute Gasteiger partial charge is 0.222 e. The average Bonchev–Trinajstić information content (AvgIpc) is 2.58. The highest BCUT2D eigenvalue weighted by Gasteiger charge is 2.26. The van der Waals surface area contributed by atoms with Gasteiger partial charge in [-0.3, -0.25) is 4.79 Å². The number of aliphatic hydroxyl groups is 1. The molecule has 3 nitrogen and oxygen atoms in total. The second-order valence-corrected chi connectivity index (χ2v) is 5.72. The summed E-state index contributed by atoms with van der Waals surface area (Å²) in [5.74, 6) is 0.210. The van der Waals surface area contributed by atoms with Gasteiger partial charge in [0, 0.05) is 19.5 Å². The maximum absolute atomic E-state index is 12.2. The van der Waals surface area contributed by atoms with Gasteiger partial charge in [0.2, 0.25) is 5.91 Å². The summed E-state index contributed by atoms with van der Waals surface area (Å²) in [5, 5.41) is 10.0. The zero-order chi connectivity index (χ0) is 13.7. The fourth-order valence-corrected chi connectivity index (χ4v) is 2.57. The SMILES string of the molecule is CC1(O)CCCN(C(=O)CCc2ccccc2)CC1. The summed E-state index contributed by atoms with van der Waals surface area (Å²) in [6.45, 7) is 3.33. The largest absolute Gasteiger partial charge is 0.390 e. The van der Waals surface area contributed by atoms with Crippen molar-refractivity contribution in [2.75, 3.05) is 13.1 Å². The van der Waals surface area contributed by atoms with Crippen LogP contribution in [0.25, 0.3) is 0 Å². The van der Waals surface area contributed by atoms with Gasteiger partial charge in [0.05, 0.1) is 5.60 Å². The van der Waals surface area contributed by atoms with Gasteiger partial charge in [0.1, 0.15) is 0 Å². The van der Waals surface area contributed by atoms with E-state index in [2.05, 4.69) is 12.1 Å². The van der Waals surface area contributed by atoms with E-state index in [1.165, 1.54) is 5.56 Å². The van der Waals surface area contributed by atoms with Crippen molar-refractivity contribution in [2.24, 2.45) is 0 Å². The van der Waals surface area contributed by atoms with Crippen molar-refractivity contribution in [1.29, 1.82) is 0 Å². The Morgan fingerprint density at radius 2 is 2.00 bits per heavy atom. The lowest BCUT2D eigenvalue weighted by Crippen LogP contribution is -2.33. The standard InChI is InChI=1S/C16H23NO2/c1-16(19)10-5-12-17(13-11-16)15(18)9-8-14-6-3-2-4-7-14/h2-4,6-7,19H,5,8-13H2,1H3. The highest BCUT2D eigenvalue weighted by molar-refractivity contribution is 5.76. The second kappa shape index (κ2) is 6.20. The molecule has 0 aromatic heterocycles. The fraction of sp³-hybridized carbons (Fsp3) is 0.562. The van der Waals surface area contributed by atoms with Crippen LogP contribution in [-0.4, -0.2) is 34.6 Å². The number of rotatable bonds is 3. The van der Waals surface area contributed by atoms with Gasteiger partial charge in [-0.25, -0.2) is 0 Å². The molecule has 19 heavy (non-hydrogen) atoms. The van der Waals surface area contributed by atoms with E-state index in [1.54, 1.807) is 0 Å². The molecule has 1 atom stereocenters. The summed E-state index contributed by atoms with van der Waals surface area (Å²) < 4.78 is 0. The molecule has 1 amide bonds. The van der Waals surface area contributed by atoms with Gasteiger partial charge in [-0.1, -0.05) is 30.3 Å². The van der Waals surface area contributed by atoms with Crippen LogP contribution < -0.4 is 0 Å². The highest BCUT2D eigenvalue weighted by Crippen LogP contribution is 2.21. The van der Waals surface area contributed by atoms with Crippen molar-refractivity contribution in [2.45, 2.75) is 44.6 Å². The van der Waals surface area contributed by atoms with Gasteiger partial charge in [-0.2, -0.15) is 0 Å². The summed E-state index contributed by atoms with van der Waals surface area (Å²) in [4.78, 5) is 14.1. The van der Waals surface area contributed by atoms with Crippen molar-refractivity contribution in [3.8, 4) is 0 Å². The van der Waals surface area contributed by atoms with Crippen molar-refractivity contribution in [3.63, 3.8) is 0 Å². The quantitative estimate of drug-likeness (QED) is 0.907. The summed E-state index contributed by atoms with van der Waals surface area (Å²) in [7, 11) is 0. The van der Waals surface area contributed by atoms with Crippen molar-refractivity contribution >= 4 is 5.91 Å². The van der Waals surface area contributed by atoms with E-state index in [9.17, 15) is 9.90 Å². The third-order valence-corrected chi connectivity index (χ3v) is 3.89. The van der Waals surface area contributed by atoms with Crippen LogP contribution in [0.1, 0.15) is 38.2 Å². The predicted octanol–water partition coefficient (Wildman–Crippen LogP) is 2.38. The van der Waals surface area contributed by atoms with E-state index in [-0.39, 0.29) is 5.91 Å². The number of carbonyl (C=O) groups is 1. The molecule has 1 fully saturated rings. The normalized spacial score (nSPS) is 24.0. The maximum Gasteiger partial charge on any atom is 0.222 e. The molecule has 1 N–H and O–H groups in total. The first-order chi connectivity index (χ1) is 9.07. The zero-order valence-corrected chi connectivity index (χ0v) is 11.6. The molecular weight excluding hydrogens is 238 g/mol. The molecule has 1 saturated heterocycles. The third kappa shape index (κ3) is 4.35. The van der Waals surface area contributed by atoms with Crippen LogP contribution in [0, 0.1) is 0 Å². The summed E-state index contributed by atoms with van der Waals surface area (Å²) in [5.41, 5.74) is 0.603. The predicted molar refractivity (Wildman–Crippen MR) is 75.8 cm³/mol. The lowest BCUT2D eigenvalue weighted by Gasteiger charge is -2.22. The first kappa shape index (κ1) is 14.1. The fourth-order valence-electron chi connectivity index (χ4n) is 2.57. The number of benzene rings is 1. The molecule has 1 aliphatic rings. The Bertz CT molecular complexity index is 414. The Morgan fingerprint density at radius 1 is 1.26 bits per heavy atom. The molecule has 2 rings (SSSR count). The zero-order valence-electron chi connectivity index (χ0n) is 11.6. The number of nitrogens with zero attached hydrogens (tertiary/aromatic N) is 1. The molecule has 1 aliphatic heterocycles. The van der Waals surface area contributed by atoms with Crippen LogP contribution in [0.15, 0.2) is 30.3 Å². The molecular formula is C16H23NO2. The maximum atomic E-state index is 12.2. The highest BCUT2D eigenvalue weighted by atomic mass is 16.3. The van der Waals surface area contributed by atoms with E-state index in [0.717, 1.165) is 25.8 Å². The average molecular weight is 261 g/mol. The molecule has 1 heterocycles. The van der Waals surface area contributed by atoms with Crippen LogP contribution in [0.4, 0.5) is 0 Å². The molecule has 1 aromatic carbocycles. The van der Waals surface area contributed by atoms with E-state index in [4.69, 9.17) is 0 Å². The van der Waals surface area contributed by atoms with Crippen LogP contribution >= 0.6 is 0 Å². The molecule has 0 saturated carbocycles. The van der Waals surface area contributed by atoms with E-state index >= 15 is 0 Å². The number of hydrogen-bond acceptors (Lipinski definition) is 2. The molecule has 1 unspecified atom stereocenters. The minimum Gasteiger partial charge on any atom is -0.390 e. The summed E-state index contributed by atoms with van der Waals surface area (Å²) in [6.07, 6.45) is 3.72. The van der Waals surface area contributed by atoms with Gasteiger partial charge in [0.15, 0.2) is 0 Å². The van der Waals surface area contributed by atoms with Crippen LogP contribution in [0.2, 0.25) is 0 Å². The lowest BCUT2D eigenvalue weighted by molar-refractivity contribution is -0.131. The number of hydrogen-bond donors (Lipinski definition) is 1. The number of amides is 1. The van der Waals surface area contributed by atoms with Crippen molar-refractivity contribution < 1.29 is 9.90 Å². The molecule has 1 aromatic rings. The summed E-state index contributed by atoms with van der Waals surface area (Å²) >= 11 is 0. The number of carbonyl (C=O) groups excluding carboxylic acids is 1. The Kier molecular flexibility index (Phi) is 4.59. The van der Waals surface area contributed by atoms with Gasteiger partial charge in [-0.05, 0) is 38.2 Å². The first-order valence-corrected chi connectivity index (χ1v) is 7.11. The number of likely N-dealkylation sites (tertiary alicyclic amines) is 1. The first-order valence-electron chi connectivity index (χ1n) is 7.11. The molecule has 0 aliphatic carbocycles. The van der Waals surface area contributed by atoms with E-state index < -0.39 is 5.60 Å². The van der Waals surface area contributed by atoms with Gasteiger partial charge in [0.25, 0.3) is 0 Å². The molecule has 104 valence electrons. The minimum absolute atomic E-state index is 0.210. The lowest BCUT2D eigenvalue weighted by atomic mass is 9.98. The van der Waals surface area contributed by atoms with Crippen molar-refractivity contribution in [1.82, 2.24) is 4.90 Å². The molecule has 0 bridgehead atoms. The van der Waals surface area contributed by atoms with Crippen molar-refractivity contribution in [3.05, 3.63) is 35.9 Å². The molecule has 3 heteroatoms. The minimum atomic E-state index is -0.603. The van der Waals surface area contributed by atoms with Crippen LogP contribution in [0.3, 0.4) is 0 Å². The van der Waals surface area contributed by atoms with Gasteiger partial charge >= 0.3 is 0 Å². The van der Waals surface area contributed by atoms with E-state index in [1.807, 2.05) is 30.0 Å².